The van der Waals surface area contributed by atoms with Crippen molar-refractivity contribution in [3.63, 3.8) is 0 Å². The third-order valence-corrected chi connectivity index (χ3v) is 5.93. The highest BCUT2D eigenvalue weighted by atomic mass is 16.6. The van der Waals surface area contributed by atoms with Crippen LogP contribution in [0.25, 0.3) is 0 Å². The van der Waals surface area contributed by atoms with Crippen LogP contribution in [0.15, 0.2) is 24.3 Å². The minimum absolute atomic E-state index is 0.0271. The number of nitrogens with one attached hydrogen (secondary N) is 1. The van der Waals surface area contributed by atoms with Crippen LogP contribution in [0.5, 0.6) is 0 Å². The van der Waals surface area contributed by atoms with Gasteiger partial charge in [0.15, 0.2) is 0 Å². The molecule has 0 saturated heterocycles. The van der Waals surface area contributed by atoms with Crippen molar-refractivity contribution in [3.05, 3.63) is 24.3 Å². The van der Waals surface area contributed by atoms with Gasteiger partial charge in [0, 0.05) is 23.6 Å². The summed E-state index contributed by atoms with van der Waals surface area (Å²) in [5.74, 6) is -1.41. The van der Waals surface area contributed by atoms with Crippen LogP contribution in [-0.2, 0) is 33.3 Å². The fraction of sp³-hybridized carbons (Fsp3) is 0.704. The normalized spacial score (nSPS) is 22.4. The minimum Gasteiger partial charge on any atom is -0.459 e. The Kier molecular flexibility index (Phi) is 11.7. The number of ether oxygens (including phenoxy) is 4. The van der Waals surface area contributed by atoms with Crippen LogP contribution in [0.2, 0.25) is 0 Å². The molecule has 0 spiro atoms. The fourth-order valence-corrected chi connectivity index (χ4v) is 4.70. The van der Waals surface area contributed by atoms with Gasteiger partial charge in [0.25, 0.3) is 0 Å². The number of hydrogen-bond donors (Lipinski definition) is 1. The molecule has 4 unspecified atom stereocenters. The average Bonchev–Trinajstić information content (AvgIpc) is 2.72. The van der Waals surface area contributed by atoms with Gasteiger partial charge in [-0.2, -0.15) is 0 Å². The molecule has 0 aromatic rings. The average molecular weight is 510 g/mol. The molecule has 36 heavy (non-hydrogen) atoms. The van der Waals surface area contributed by atoms with Gasteiger partial charge in [-0.3, -0.25) is 4.79 Å². The number of alkyl carbamates (subject to hydrolysis) is 1. The van der Waals surface area contributed by atoms with Gasteiger partial charge in [-0.05, 0) is 64.2 Å². The van der Waals surface area contributed by atoms with Crippen molar-refractivity contribution in [2.45, 2.75) is 98.8 Å². The second-order valence-corrected chi connectivity index (χ2v) is 11.2. The molecule has 1 amide bonds. The summed E-state index contributed by atoms with van der Waals surface area (Å²) in [6.07, 6.45) is 1.41. The number of hydrogen-bond acceptors (Lipinski definition) is 8. The van der Waals surface area contributed by atoms with E-state index in [0.717, 1.165) is 12.8 Å². The van der Waals surface area contributed by atoms with Crippen molar-refractivity contribution in [2.24, 2.45) is 10.8 Å². The predicted molar refractivity (Wildman–Crippen MR) is 135 cm³/mol. The summed E-state index contributed by atoms with van der Waals surface area (Å²) >= 11 is 0. The van der Waals surface area contributed by atoms with E-state index in [9.17, 15) is 19.2 Å². The molecular weight excluding hydrogens is 466 g/mol. The fourth-order valence-electron chi connectivity index (χ4n) is 4.70. The third kappa shape index (κ3) is 11.7. The summed E-state index contributed by atoms with van der Waals surface area (Å²) < 4.78 is 20.8. The quantitative estimate of drug-likeness (QED) is 0.230. The van der Waals surface area contributed by atoms with E-state index >= 15 is 0 Å². The first-order valence-corrected chi connectivity index (χ1v) is 12.3. The zero-order chi connectivity index (χ0) is 27.7. The van der Waals surface area contributed by atoms with E-state index in [4.69, 9.17) is 18.9 Å². The van der Waals surface area contributed by atoms with Crippen molar-refractivity contribution >= 4 is 24.0 Å². The second kappa shape index (κ2) is 13.5. The largest absolute Gasteiger partial charge is 0.459 e. The molecule has 1 aliphatic rings. The molecule has 4 atom stereocenters. The van der Waals surface area contributed by atoms with Crippen molar-refractivity contribution in [3.8, 4) is 0 Å². The van der Waals surface area contributed by atoms with Crippen molar-refractivity contribution in [1.29, 1.82) is 0 Å². The van der Waals surface area contributed by atoms with Crippen molar-refractivity contribution in [1.82, 2.24) is 5.32 Å². The van der Waals surface area contributed by atoms with Gasteiger partial charge in [-0.1, -0.05) is 33.9 Å². The first-order chi connectivity index (χ1) is 16.5. The smallest absolute Gasteiger partial charge is 0.407 e. The molecule has 0 bridgehead atoms. The number of carbonyl (C=O) groups excluding carboxylic acids is 4. The van der Waals surface area contributed by atoms with Crippen LogP contribution in [-0.4, -0.2) is 55.5 Å². The van der Waals surface area contributed by atoms with Gasteiger partial charge in [-0.15, -0.1) is 0 Å². The topological polar surface area (TPSA) is 117 Å². The van der Waals surface area contributed by atoms with E-state index < -0.39 is 30.2 Å². The van der Waals surface area contributed by atoms with Gasteiger partial charge >= 0.3 is 24.0 Å². The zero-order valence-electron chi connectivity index (χ0n) is 22.9. The number of amides is 1. The van der Waals surface area contributed by atoms with E-state index in [1.54, 1.807) is 27.7 Å². The Labute approximate surface area is 214 Å². The Hall–Kier alpha value is -2.84. The lowest BCUT2D eigenvalue weighted by Crippen LogP contribution is -2.47. The van der Waals surface area contributed by atoms with Gasteiger partial charge in [0.2, 0.25) is 0 Å². The maximum Gasteiger partial charge on any atom is 0.407 e. The molecule has 0 heterocycles. The van der Waals surface area contributed by atoms with E-state index in [0.29, 0.717) is 12.8 Å². The summed E-state index contributed by atoms with van der Waals surface area (Å²) in [6.45, 7) is 19.7. The first-order valence-electron chi connectivity index (χ1n) is 12.3. The van der Waals surface area contributed by atoms with Gasteiger partial charge in [0.05, 0.1) is 0 Å². The molecular formula is C27H43NO8. The number of esters is 3. The maximum absolute atomic E-state index is 12.5. The van der Waals surface area contributed by atoms with Crippen molar-refractivity contribution in [2.75, 3.05) is 13.2 Å². The first kappa shape index (κ1) is 31.2. The van der Waals surface area contributed by atoms with Crippen LogP contribution in [0.1, 0.15) is 80.6 Å². The van der Waals surface area contributed by atoms with Crippen LogP contribution in [0.3, 0.4) is 0 Å². The van der Waals surface area contributed by atoms with Crippen molar-refractivity contribution < 1.29 is 38.1 Å². The molecule has 1 saturated carbocycles. The number of rotatable bonds is 12. The monoisotopic (exact) mass is 509 g/mol. The second-order valence-electron chi connectivity index (χ2n) is 11.2. The van der Waals surface area contributed by atoms with E-state index in [-0.39, 0.29) is 53.6 Å². The summed E-state index contributed by atoms with van der Waals surface area (Å²) in [5, 5.41) is 2.94. The van der Waals surface area contributed by atoms with E-state index in [1.165, 1.54) is 0 Å². The lowest BCUT2D eigenvalue weighted by molar-refractivity contribution is -0.156. The van der Waals surface area contributed by atoms with E-state index in [2.05, 4.69) is 39.2 Å². The highest BCUT2D eigenvalue weighted by Gasteiger charge is 2.42. The minimum atomic E-state index is -0.609. The Morgan fingerprint density at radius 3 is 1.89 bits per heavy atom. The Balaban J connectivity index is 2.57. The molecule has 1 rings (SSSR count). The Morgan fingerprint density at radius 1 is 0.889 bits per heavy atom. The molecule has 0 aromatic heterocycles. The van der Waals surface area contributed by atoms with E-state index in [1.807, 2.05) is 0 Å². The highest BCUT2D eigenvalue weighted by molar-refractivity contribution is 5.87. The lowest BCUT2D eigenvalue weighted by Gasteiger charge is -2.46. The maximum atomic E-state index is 12.5. The molecule has 1 aliphatic carbocycles. The van der Waals surface area contributed by atoms with Gasteiger partial charge < -0.3 is 24.3 Å². The molecule has 0 radical (unpaired) electrons. The molecule has 1 N–H and O–H groups in total. The third-order valence-electron chi connectivity index (χ3n) is 5.93. The molecule has 204 valence electrons. The lowest BCUT2D eigenvalue weighted by atomic mass is 9.61. The van der Waals surface area contributed by atoms with Crippen LogP contribution >= 0.6 is 0 Å². The predicted octanol–water partition coefficient (Wildman–Crippen LogP) is 4.64. The van der Waals surface area contributed by atoms with Crippen LogP contribution in [0, 0.1) is 10.8 Å². The summed E-state index contributed by atoms with van der Waals surface area (Å²) in [6, 6.07) is -0.132. The number of carbonyl (C=O) groups is 4. The molecule has 9 heteroatoms. The molecule has 0 aromatic carbocycles. The molecule has 0 aliphatic heterocycles. The zero-order valence-corrected chi connectivity index (χ0v) is 22.9. The summed E-state index contributed by atoms with van der Waals surface area (Å²) in [5.41, 5.74) is 0.312. The van der Waals surface area contributed by atoms with Gasteiger partial charge in [0.1, 0.15) is 25.4 Å². The highest BCUT2D eigenvalue weighted by Crippen LogP contribution is 2.48. The standard InChI is InChI=1S/C27H43NO8/c1-17(2)23(30)33-14-19(5)35-22(29)10-11-27(9)13-21(12-26(7,8)16-27)28-25(32)36-20(6)15-34-24(31)18(3)4/h19-21H,1,3,10-16H2,2,4-9H3,(H,28,32). The van der Waals surface area contributed by atoms with Gasteiger partial charge in [-0.25, -0.2) is 14.4 Å². The molecule has 1 fully saturated rings. The SMILES string of the molecule is C=C(C)C(=O)OCC(C)OC(=O)CCC1(C)CC(NC(=O)OC(C)COC(=O)C(=C)C)CC(C)(C)C1. The summed E-state index contributed by atoms with van der Waals surface area (Å²) in [4.78, 5) is 47.9. The van der Waals surface area contributed by atoms with Crippen LogP contribution < -0.4 is 5.32 Å². The summed E-state index contributed by atoms with van der Waals surface area (Å²) in [7, 11) is 0. The Morgan fingerprint density at radius 2 is 1.39 bits per heavy atom. The molecule has 9 nitrogen and oxygen atoms in total. The van der Waals surface area contributed by atoms with Crippen LogP contribution in [0.4, 0.5) is 4.79 Å². The Bertz CT molecular complexity index is 849.